The number of hydrogen-bond donors (Lipinski definition) is 1. The maximum atomic E-state index is 12.9. The van der Waals surface area contributed by atoms with Crippen LogP contribution in [0, 0.1) is 16.0 Å². The Morgan fingerprint density at radius 2 is 2.03 bits per heavy atom. The van der Waals surface area contributed by atoms with Crippen LogP contribution in [0.25, 0.3) is 0 Å². The number of nitro benzene ring substituents is 1. The van der Waals surface area contributed by atoms with E-state index < -0.39 is 45.7 Å². The summed E-state index contributed by atoms with van der Waals surface area (Å²) in [4.78, 5) is 59.0. The molecule has 12 nitrogen and oxygen atoms in total. The molecule has 1 aromatic rings. The number of esters is 1. The number of benzene rings is 1. The number of amides is 2. The molecular weight excluding hydrogens is 470 g/mol. The average Bonchev–Trinajstić information content (AvgIpc) is 3.13. The van der Waals surface area contributed by atoms with Crippen molar-refractivity contribution >= 4 is 40.7 Å². The van der Waals surface area contributed by atoms with Gasteiger partial charge in [0.15, 0.2) is 0 Å². The number of nitrogens with one attached hydrogen (secondary N) is 1. The molecule has 0 aromatic heterocycles. The highest BCUT2D eigenvalue weighted by Crippen LogP contribution is 2.45. The number of nitrogens with zero attached hydrogens (tertiary/aromatic N) is 2. The summed E-state index contributed by atoms with van der Waals surface area (Å²) in [7, 11) is -1.86. The van der Waals surface area contributed by atoms with Crippen molar-refractivity contribution in [2.75, 3.05) is 0 Å². The minimum Gasteiger partial charge on any atom is -0.464 e. The molecule has 1 unspecified atom stereocenters. The summed E-state index contributed by atoms with van der Waals surface area (Å²) < 4.78 is 23.1. The number of fused-ring (bicyclic) bond motifs is 1. The standard InChI is InChI=1S/C21H21N3O9S/c1-12(33-11-25)18-16-9-17(34(31)8-7-22-13(2)26)19(23(16)20(18)27)21(28)32-10-14-3-5-15(6-4-14)24(29)30/h3-8,11-12,16,18H,9-10H2,1-2H3,(H,22,26)/b8-7+/t12-,16-,18-,34?/m1/s1. The van der Waals surface area contributed by atoms with Crippen molar-refractivity contribution in [2.45, 2.75) is 39.0 Å². The van der Waals surface area contributed by atoms with E-state index in [9.17, 15) is 33.5 Å². The van der Waals surface area contributed by atoms with Crippen molar-refractivity contribution in [3.05, 3.63) is 62.2 Å². The van der Waals surface area contributed by atoms with Gasteiger partial charge in [0.1, 0.15) is 18.4 Å². The van der Waals surface area contributed by atoms with E-state index in [4.69, 9.17) is 9.47 Å². The first-order valence-corrected chi connectivity index (χ1v) is 11.3. The fourth-order valence-corrected chi connectivity index (χ4v) is 4.85. The molecule has 2 aliphatic heterocycles. The minimum absolute atomic E-state index is 0.0853. The molecule has 1 aromatic carbocycles. The molecule has 1 saturated heterocycles. The van der Waals surface area contributed by atoms with Crippen LogP contribution >= 0.6 is 0 Å². The number of non-ortho nitro benzene ring substituents is 1. The molecule has 0 radical (unpaired) electrons. The molecule has 2 amide bonds. The second kappa shape index (κ2) is 10.4. The van der Waals surface area contributed by atoms with E-state index in [2.05, 4.69) is 5.32 Å². The smallest absolute Gasteiger partial charge is 0.356 e. The highest BCUT2D eigenvalue weighted by molar-refractivity contribution is 7.91. The largest absolute Gasteiger partial charge is 0.464 e. The maximum Gasteiger partial charge on any atom is 0.356 e. The van der Waals surface area contributed by atoms with Crippen LogP contribution < -0.4 is 5.32 Å². The Bertz CT molecular complexity index is 1110. The van der Waals surface area contributed by atoms with Gasteiger partial charge >= 0.3 is 5.97 Å². The van der Waals surface area contributed by atoms with Crippen molar-refractivity contribution in [2.24, 2.45) is 5.92 Å². The van der Waals surface area contributed by atoms with Crippen LogP contribution in [0.15, 0.2) is 46.5 Å². The predicted molar refractivity (Wildman–Crippen MR) is 116 cm³/mol. The Morgan fingerprint density at radius 1 is 1.35 bits per heavy atom. The first-order chi connectivity index (χ1) is 16.1. The quantitative estimate of drug-likeness (QED) is 0.165. The molecule has 13 heteroatoms. The summed E-state index contributed by atoms with van der Waals surface area (Å²) in [6.07, 6.45) is 0.520. The van der Waals surface area contributed by atoms with Crippen LogP contribution in [0.3, 0.4) is 0 Å². The van der Waals surface area contributed by atoms with Gasteiger partial charge in [0.2, 0.25) is 11.8 Å². The lowest BCUT2D eigenvalue weighted by Crippen LogP contribution is -2.62. The molecule has 1 N–H and O–H groups in total. The van der Waals surface area contributed by atoms with Crippen LogP contribution in [-0.2, 0) is 46.1 Å². The summed E-state index contributed by atoms with van der Waals surface area (Å²) in [6, 6.07) is 4.84. The van der Waals surface area contributed by atoms with Gasteiger partial charge in [-0.1, -0.05) is 0 Å². The van der Waals surface area contributed by atoms with E-state index in [-0.39, 0.29) is 41.7 Å². The van der Waals surface area contributed by atoms with Crippen molar-refractivity contribution < 1.29 is 37.8 Å². The summed E-state index contributed by atoms with van der Waals surface area (Å²) in [5.41, 5.74) is 0.185. The molecule has 0 spiro atoms. The number of nitro groups is 1. The summed E-state index contributed by atoms with van der Waals surface area (Å²) in [5, 5.41) is 14.3. The summed E-state index contributed by atoms with van der Waals surface area (Å²) in [6.45, 7) is 2.82. The van der Waals surface area contributed by atoms with E-state index in [1.165, 1.54) is 47.7 Å². The van der Waals surface area contributed by atoms with Gasteiger partial charge in [-0.3, -0.25) is 24.5 Å². The van der Waals surface area contributed by atoms with Crippen molar-refractivity contribution in [1.29, 1.82) is 0 Å². The number of ether oxygens (including phenoxy) is 2. The SMILES string of the molecule is CC(=O)N/C=C/S(=O)C1=C(C(=O)OCc2ccc([N+](=O)[O-])cc2)N2C(=O)[C@H]([C@@H](C)OC=O)[C@H]2C1. The lowest BCUT2D eigenvalue weighted by atomic mass is 9.83. The topological polar surface area (TPSA) is 162 Å². The zero-order valence-electron chi connectivity index (χ0n) is 18.2. The molecule has 1 fully saturated rings. The van der Waals surface area contributed by atoms with Crippen LogP contribution in [0.5, 0.6) is 0 Å². The number of carbonyl (C=O) groups is 4. The van der Waals surface area contributed by atoms with Gasteiger partial charge in [-0.25, -0.2) is 9.00 Å². The first kappa shape index (κ1) is 24.8. The monoisotopic (exact) mass is 491 g/mol. The Kier molecular flexibility index (Phi) is 7.56. The average molecular weight is 491 g/mol. The van der Waals surface area contributed by atoms with Crippen LogP contribution in [0.4, 0.5) is 5.69 Å². The zero-order chi connectivity index (χ0) is 25.0. The van der Waals surface area contributed by atoms with Crippen LogP contribution in [-0.4, -0.2) is 50.4 Å². The van der Waals surface area contributed by atoms with E-state index >= 15 is 0 Å². The minimum atomic E-state index is -1.86. The van der Waals surface area contributed by atoms with Gasteiger partial charge in [0.05, 0.1) is 32.6 Å². The summed E-state index contributed by atoms with van der Waals surface area (Å²) >= 11 is 0. The van der Waals surface area contributed by atoms with Crippen molar-refractivity contribution in [1.82, 2.24) is 10.2 Å². The number of β-lactam (4-membered cyclic amide) rings is 1. The first-order valence-electron chi connectivity index (χ1n) is 10.1. The molecule has 34 heavy (non-hydrogen) atoms. The molecule has 3 rings (SSSR count). The third-order valence-electron chi connectivity index (χ3n) is 5.38. The lowest BCUT2D eigenvalue weighted by Gasteiger charge is -2.45. The van der Waals surface area contributed by atoms with Gasteiger partial charge in [-0.05, 0) is 24.6 Å². The fraction of sp³-hybridized carbons (Fsp3) is 0.333. The molecule has 180 valence electrons. The third-order valence-corrected chi connectivity index (χ3v) is 6.60. The number of carbonyl (C=O) groups excluding carboxylic acids is 4. The fourth-order valence-electron chi connectivity index (χ4n) is 3.78. The second-order valence-corrected chi connectivity index (χ2v) is 8.87. The van der Waals surface area contributed by atoms with E-state index in [0.717, 1.165) is 0 Å². The maximum absolute atomic E-state index is 12.9. The van der Waals surface area contributed by atoms with Gasteiger partial charge in [0, 0.05) is 37.1 Å². The second-order valence-electron chi connectivity index (χ2n) is 7.52. The van der Waals surface area contributed by atoms with Gasteiger partial charge in [-0.15, -0.1) is 0 Å². The van der Waals surface area contributed by atoms with Crippen molar-refractivity contribution in [3.63, 3.8) is 0 Å². The Morgan fingerprint density at radius 3 is 2.62 bits per heavy atom. The molecule has 0 bridgehead atoms. The Balaban J connectivity index is 1.81. The van der Waals surface area contributed by atoms with Gasteiger partial charge < -0.3 is 19.7 Å². The third kappa shape index (κ3) is 5.03. The Hall–Kier alpha value is -3.87. The number of rotatable bonds is 10. The highest BCUT2D eigenvalue weighted by Gasteiger charge is 2.58. The Labute approximate surface area is 196 Å². The summed E-state index contributed by atoms with van der Waals surface area (Å²) in [5.74, 6) is -2.46. The van der Waals surface area contributed by atoms with E-state index in [0.29, 0.717) is 5.56 Å². The van der Waals surface area contributed by atoms with Crippen molar-refractivity contribution in [3.8, 4) is 0 Å². The lowest BCUT2D eigenvalue weighted by molar-refractivity contribution is -0.384. The number of hydrogen-bond acceptors (Lipinski definition) is 9. The molecular formula is C21H21N3O9S. The highest BCUT2D eigenvalue weighted by atomic mass is 32.2. The normalized spacial score (nSPS) is 20.9. The predicted octanol–water partition coefficient (Wildman–Crippen LogP) is 0.998. The van der Waals surface area contributed by atoms with Crippen LogP contribution in [0.2, 0.25) is 0 Å². The zero-order valence-corrected chi connectivity index (χ0v) is 19.0. The molecule has 4 atom stereocenters. The van der Waals surface area contributed by atoms with Gasteiger partial charge in [0.25, 0.3) is 12.2 Å². The van der Waals surface area contributed by atoms with E-state index in [1.807, 2.05) is 0 Å². The molecule has 2 aliphatic rings. The molecule has 0 aliphatic carbocycles. The molecule has 2 heterocycles. The van der Waals surface area contributed by atoms with Crippen LogP contribution in [0.1, 0.15) is 25.8 Å². The molecule has 0 saturated carbocycles. The van der Waals surface area contributed by atoms with E-state index in [1.54, 1.807) is 6.92 Å². The van der Waals surface area contributed by atoms with Gasteiger partial charge in [-0.2, -0.15) is 0 Å².